The molecule has 5 heavy (non-hydrogen) atoms. The predicted octanol–water partition coefficient (Wildman–Crippen LogP) is 1.01. The largest absolute Gasteiger partial charge is 0.368 e. The van der Waals surface area contributed by atoms with E-state index in [0.29, 0.717) is 12.3 Å². The van der Waals surface area contributed by atoms with E-state index in [-0.39, 0.29) is 0 Å². The van der Waals surface area contributed by atoms with Crippen molar-refractivity contribution in [1.29, 1.82) is 0 Å². The smallest absolute Gasteiger partial charge is 0.0815 e. The van der Waals surface area contributed by atoms with E-state index in [1.165, 1.54) is 0 Å². The van der Waals surface area contributed by atoms with E-state index in [2.05, 4.69) is 4.98 Å². The normalized spacial score (nSPS) is 13.6. The summed E-state index contributed by atoms with van der Waals surface area (Å²) in [6.45, 7) is 0. The molecule has 1 heterocycles. The fraction of sp³-hybridized carbons (Fsp3) is 0. The van der Waals surface area contributed by atoms with Crippen molar-refractivity contribution in [3.8, 4) is 0 Å². The second kappa shape index (κ2) is 0.931. The molecule has 0 aliphatic carbocycles. The molecule has 1 nitrogen and oxygen atoms in total. The van der Waals surface area contributed by atoms with Gasteiger partial charge in [0.2, 0.25) is 0 Å². The Hall–Kier alpha value is -0.720. The summed E-state index contributed by atoms with van der Waals surface area (Å²) in [5.41, 5.74) is 0. The molecule has 1 heteroatoms. The van der Waals surface area contributed by atoms with Gasteiger partial charge in [-0.25, -0.2) is 0 Å². The van der Waals surface area contributed by atoms with Gasteiger partial charge in [-0.1, -0.05) is 0 Å². The Balaban J connectivity index is 3.04. The van der Waals surface area contributed by atoms with Crippen LogP contribution in [-0.2, 0) is 0 Å². The van der Waals surface area contributed by atoms with Gasteiger partial charge in [0.25, 0.3) is 0 Å². The topological polar surface area (TPSA) is 15.8 Å². The molecule has 0 bridgehead atoms. The molecule has 0 atom stereocenters. The number of nitrogens with one attached hydrogen (secondary N) is 1. The van der Waals surface area contributed by atoms with E-state index in [1.807, 2.05) is 0 Å². The summed E-state index contributed by atoms with van der Waals surface area (Å²) in [4.78, 5) is 2.47. The molecule has 1 aromatic rings. The number of rotatable bonds is 0. The maximum atomic E-state index is 6.84. The lowest BCUT2D eigenvalue weighted by Crippen LogP contribution is -1.38. The fourth-order valence-electron chi connectivity index (χ4n) is 0.208. The molecule has 26 valence electrons. The van der Waals surface area contributed by atoms with Crippen LogP contribution in [0.2, 0.25) is 0 Å². The summed E-state index contributed by atoms with van der Waals surface area (Å²) in [6.07, 6.45) is 0.593. The molecule has 0 unspecified atom stereocenters. The molecule has 0 amide bonds. The molecule has 0 saturated heterocycles. The Morgan fingerprint density at radius 2 is 2.00 bits per heavy atom. The lowest BCUT2D eigenvalue weighted by molar-refractivity contribution is 1.42. The minimum atomic E-state index is 0.296. The molecule has 0 aromatic carbocycles. The van der Waals surface area contributed by atoms with Crippen molar-refractivity contribution in [3.05, 3.63) is 24.5 Å². The highest BCUT2D eigenvalue weighted by molar-refractivity contribution is 4.84. The summed E-state index contributed by atoms with van der Waals surface area (Å²) in [5.74, 6) is 0. The van der Waals surface area contributed by atoms with Crippen molar-refractivity contribution in [2.45, 2.75) is 0 Å². The van der Waals surface area contributed by atoms with Crippen LogP contribution in [0.5, 0.6) is 0 Å². The van der Waals surface area contributed by atoms with Crippen LogP contribution in [-0.4, -0.2) is 4.98 Å². The maximum absolute atomic E-state index is 6.84. The monoisotopic (exact) mass is 69.1 g/mol. The Morgan fingerprint density at radius 3 is 2.20 bits per heavy atom. The molecule has 0 fully saturated rings. The van der Waals surface area contributed by atoms with Gasteiger partial charge in [-0.15, -0.1) is 0 Å². The summed E-state index contributed by atoms with van der Waals surface area (Å²) >= 11 is 0. The van der Waals surface area contributed by atoms with Gasteiger partial charge < -0.3 is 4.98 Å². The van der Waals surface area contributed by atoms with Crippen LogP contribution in [0.4, 0.5) is 0 Å². The molecule has 1 aromatic heterocycles. The zero-order valence-electron chi connectivity index (χ0n) is 4.65. The van der Waals surface area contributed by atoms with E-state index in [0.717, 1.165) is 0 Å². The van der Waals surface area contributed by atoms with E-state index in [1.54, 1.807) is 12.1 Å². The number of H-pyrrole nitrogens is 1. The van der Waals surface area contributed by atoms with Gasteiger partial charge in [-0.2, -0.15) is 0 Å². The average molecular weight is 69.1 g/mol. The maximum Gasteiger partial charge on any atom is 0.0815 e. The summed E-state index contributed by atoms with van der Waals surface area (Å²) in [7, 11) is 0. The number of aromatic amines is 1. The molecule has 0 saturated carbocycles. The van der Waals surface area contributed by atoms with Gasteiger partial charge >= 0.3 is 0 Å². The lowest BCUT2D eigenvalue weighted by atomic mass is 10.7. The molecule has 0 spiro atoms. The van der Waals surface area contributed by atoms with Crippen LogP contribution in [0, 0.1) is 0 Å². The quantitative estimate of drug-likeness (QED) is 0.468. The van der Waals surface area contributed by atoms with Crippen LogP contribution in [0.15, 0.2) is 24.5 Å². The second-order valence-electron chi connectivity index (χ2n) is 0.747. The van der Waals surface area contributed by atoms with E-state index in [9.17, 15) is 0 Å². The van der Waals surface area contributed by atoms with Crippen molar-refractivity contribution in [1.82, 2.24) is 4.98 Å². The lowest BCUT2D eigenvalue weighted by Gasteiger charge is -1.49. The van der Waals surface area contributed by atoms with Gasteiger partial charge in [0.05, 0.1) is 2.74 Å². The van der Waals surface area contributed by atoms with Gasteiger partial charge in [0.15, 0.2) is 0 Å². The zero-order valence-corrected chi connectivity index (χ0v) is 2.65. The fourth-order valence-corrected chi connectivity index (χ4v) is 0.208. The molecular weight excluding hydrogens is 62.1 g/mol. The molecule has 1 rings (SSSR count). The Bertz CT molecular complexity index is 142. The molecule has 0 radical (unpaired) electrons. The van der Waals surface area contributed by atoms with Crippen molar-refractivity contribution >= 4 is 0 Å². The summed E-state index contributed by atoms with van der Waals surface area (Å²) < 4.78 is 13.7. The highest BCUT2D eigenvalue weighted by Gasteiger charge is 1.55. The Kier molecular flexibility index (Phi) is 0.217. The van der Waals surface area contributed by atoms with Crippen LogP contribution >= 0.6 is 0 Å². The third kappa shape index (κ3) is 0.293. The van der Waals surface area contributed by atoms with Gasteiger partial charge in [0.1, 0.15) is 0 Å². The Labute approximate surface area is 33.5 Å². The summed E-state index contributed by atoms with van der Waals surface area (Å²) in [5, 5.41) is 0. The molecule has 0 aliphatic rings. The van der Waals surface area contributed by atoms with Crippen LogP contribution in [0.1, 0.15) is 2.74 Å². The van der Waals surface area contributed by atoms with Crippen LogP contribution in [0.25, 0.3) is 0 Å². The van der Waals surface area contributed by atoms with E-state index in [4.69, 9.17) is 2.74 Å². The van der Waals surface area contributed by atoms with Crippen LogP contribution < -0.4 is 0 Å². The van der Waals surface area contributed by atoms with Crippen LogP contribution in [0.3, 0.4) is 0 Å². The highest BCUT2D eigenvalue weighted by atomic mass is 14.6. The third-order valence-corrected chi connectivity index (χ3v) is 0.394. The van der Waals surface area contributed by atoms with Crippen molar-refractivity contribution < 1.29 is 2.74 Å². The predicted molar refractivity (Wildman–Crippen MR) is 20.8 cm³/mol. The third-order valence-electron chi connectivity index (χ3n) is 0.394. The van der Waals surface area contributed by atoms with Gasteiger partial charge in [-0.3, -0.25) is 0 Å². The highest BCUT2D eigenvalue weighted by Crippen LogP contribution is 1.72. The second-order valence-corrected chi connectivity index (χ2v) is 0.747. The number of hydrogen-bond donors (Lipinski definition) is 1. The molecule has 0 aliphatic heterocycles. The first-order valence-corrected chi connectivity index (χ1v) is 1.41. The number of aromatic nitrogens is 1. The van der Waals surface area contributed by atoms with Crippen molar-refractivity contribution in [2.75, 3.05) is 0 Å². The van der Waals surface area contributed by atoms with Crippen molar-refractivity contribution in [2.24, 2.45) is 0 Å². The standard InChI is InChI=1S/C4H5N/c1-2-4-5-3-1/h1-5H/i3D,4D. The first-order valence-electron chi connectivity index (χ1n) is 2.41. The first-order chi connectivity index (χ1) is 3.29. The zero-order chi connectivity index (χ0) is 5.28. The number of hydrogen-bond acceptors (Lipinski definition) is 0. The average Bonchev–Trinajstić information content (AvgIpc) is 1.87. The molecule has 1 N–H and O–H groups in total. The minimum Gasteiger partial charge on any atom is -0.368 e. The van der Waals surface area contributed by atoms with E-state index < -0.39 is 0 Å². The van der Waals surface area contributed by atoms with E-state index >= 15 is 0 Å². The Morgan fingerprint density at radius 1 is 1.40 bits per heavy atom. The summed E-state index contributed by atoms with van der Waals surface area (Å²) in [6, 6.07) is 3.09. The van der Waals surface area contributed by atoms with Gasteiger partial charge in [-0.05, 0) is 12.1 Å². The minimum absolute atomic E-state index is 0.296. The SMILES string of the molecule is [2H]c1ccc([2H])[nH]1. The van der Waals surface area contributed by atoms with Crippen molar-refractivity contribution in [3.63, 3.8) is 0 Å². The first kappa shape index (κ1) is 1.17. The molecular formula is C4H5N. The van der Waals surface area contributed by atoms with Gasteiger partial charge in [0, 0.05) is 12.3 Å².